The number of aliphatic hydroxyl groups is 1. The van der Waals surface area contributed by atoms with Gasteiger partial charge in [0.25, 0.3) is 0 Å². The lowest BCUT2D eigenvalue weighted by Crippen LogP contribution is -2.09. The molecule has 0 aliphatic carbocycles. The summed E-state index contributed by atoms with van der Waals surface area (Å²) >= 11 is 0. The van der Waals surface area contributed by atoms with Gasteiger partial charge in [0.15, 0.2) is 11.5 Å². The molecule has 1 N–H and O–H groups in total. The van der Waals surface area contributed by atoms with Crippen LogP contribution in [0.15, 0.2) is 18.2 Å². The molecule has 0 radical (unpaired) electrons. The summed E-state index contributed by atoms with van der Waals surface area (Å²) in [6, 6.07) is 5.95. The molecule has 0 saturated carbocycles. The van der Waals surface area contributed by atoms with Crippen LogP contribution in [0.3, 0.4) is 0 Å². The van der Waals surface area contributed by atoms with Crippen molar-refractivity contribution in [2.45, 2.75) is 59.0 Å². The molecular weight excluding hydrogens is 252 g/mol. The van der Waals surface area contributed by atoms with Crippen LogP contribution < -0.4 is 9.47 Å². The molecule has 0 aromatic heterocycles. The Morgan fingerprint density at radius 3 is 2.50 bits per heavy atom. The second-order valence-electron chi connectivity index (χ2n) is 5.04. The average molecular weight is 280 g/mol. The normalized spacial score (nSPS) is 12.2. The molecule has 1 rings (SSSR count). The van der Waals surface area contributed by atoms with Crippen LogP contribution in [0.5, 0.6) is 11.5 Å². The number of hydrogen-bond acceptors (Lipinski definition) is 3. The van der Waals surface area contributed by atoms with Gasteiger partial charge < -0.3 is 14.6 Å². The standard InChI is InChI=1S/C17H28O3/c1-4-7-8-11-20-16-10-9-14(12-15(18)5-2)13-17(16)19-6-3/h9-10,13,15,18H,4-8,11-12H2,1-3H3. The first-order chi connectivity index (χ1) is 9.71. The van der Waals surface area contributed by atoms with E-state index < -0.39 is 0 Å². The second kappa shape index (κ2) is 9.65. The van der Waals surface area contributed by atoms with Crippen molar-refractivity contribution >= 4 is 0 Å². The highest BCUT2D eigenvalue weighted by atomic mass is 16.5. The summed E-state index contributed by atoms with van der Waals surface area (Å²) in [5.41, 5.74) is 1.09. The number of unbranched alkanes of at least 4 members (excludes halogenated alkanes) is 2. The first-order valence-electron chi connectivity index (χ1n) is 7.77. The van der Waals surface area contributed by atoms with Gasteiger partial charge in [-0.3, -0.25) is 0 Å². The van der Waals surface area contributed by atoms with Crippen molar-refractivity contribution < 1.29 is 14.6 Å². The van der Waals surface area contributed by atoms with E-state index in [1.807, 2.05) is 32.0 Å². The molecule has 3 heteroatoms. The van der Waals surface area contributed by atoms with Gasteiger partial charge in [0.1, 0.15) is 0 Å². The highest BCUT2D eigenvalue weighted by Crippen LogP contribution is 2.29. The van der Waals surface area contributed by atoms with E-state index in [0.717, 1.165) is 36.5 Å². The van der Waals surface area contributed by atoms with E-state index in [9.17, 15) is 5.11 Å². The molecule has 0 heterocycles. The molecule has 1 atom stereocenters. The lowest BCUT2D eigenvalue weighted by atomic mass is 10.1. The minimum atomic E-state index is -0.291. The van der Waals surface area contributed by atoms with E-state index in [1.165, 1.54) is 12.8 Å². The summed E-state index contributed by atoms with van der Waals surface area (Å²) in [6.45, 7) is 7.48. The Balaban J connectivity index is 2.68. The zero-order valence-corrected chi connectivity index (χ0v) is 13.0. The maximum atomic E-state index is 9.73. The maximum Gasteiger partial charge on any atom is 0.161 e. The van der Waals surface area contributed by atoms with Crippen LogP contribution in [0.25, 0.3) is 0 Å². The second-order valence-corrected chi connectivity index (χ2v) is 5.04. The van der Waals surface area contributed by atoms with E-state index in [4.69, 9.17) is 9.47 Å². The number of ether oxygens (including phenoxy) is 2. The quantitative estimate of drug-likeness (QED) is 0.659. The van der Waals surface area contributed by atoms with Gasteiger partial charge in [0.2, 0.25) is 0 Å². The van der Waals surface area contributed by atoms with Crippen molar-refractivity contribution in [3.05, 3.63) is 23.8 Å². The molecule has 1 unspecified atom stereocenters. The van der Waals surface area contributed by atoms with Crippen molar-refractivity contribution in [3.63, 3.8) is 0 Å². The summed E-state index contributed by atoms with van der Waals surface area (Å²) in [4.78, 5) is 0. The number of hydrogen-bond donors (Lipinski definition) is 1. The lowest BCUT2D eigenvalue weighted by Gasteiger charge is -2.14. The molecule has 0 fully saturated rings. The third-order valence-electron chi connectivity index (χ3n) is 3.26. The van der Waals surface area contributed by atoms with Gasteiger partial charge in [0, 0.05) is 0 Å². The average Bonchev–Trinajstić information content (AvgIpc) is 2.45. The van der Waals surface area contributed by atoms with E-state index in [-0.39, 0.29) is 6.10 Å². The smallest absolute Gasteiger partial charge is 0.161 e. The predicted octanol–water partition coefficient (Wildman–Crippen LogP) is 3.97. The number of aliphatic hydroxyl groups excluding tert-OH is 1. The van der Waals surface area contributed by atoms with Gasteiger partial charge in [-0.1, -0.05) is 32.8 Å². The highest BCUT2D eigenvalue weighted by molar-refractivity contribution is 5.43. The van der Waals surface area contributed by atoms with Gasteiger partial charge in [-0.15, -0.1) is 0 Å². The summed E-state index contributed by atoms with van der Waals surface area (Å²) in [7, 11) is 0. The van der Waals surface area contributed by atoms with Crippen LogP contribution in [-0.2, 0) is 6.42 Å². The summed E-state index contributed by atoms with van der Waals surface area (Å²) in [5.74, 6) is 1.59. The topological polar surface area (TPSA) is 38.7 Å². The van der Waals surface area contributed by atoms with Crippen molar-refractivity contribution in [3.8, 4) is 11.5 Å². The minimum Gasteiger partial charge on any atom is -0.490 e. The van der Waals surface area contributed by atoms with E-state index in [0.29, 0.717) is 13.0 Å². The molecule has 0 aliphatic rings. The van der Waals surface area contributed by atoms with E-state index >= 15 is 0 Å². The van der Waals surface area contributed by atoms with Gasteiger partial charge >= 0.3 is 0 Å². The zero-order chi connectivity index (χ0) is 14.8. The zero-order valence-electron chi connectivity index (χ0n) is 13.0. The third kappa shape index (κ3) is 5.83. The molecular formula is C17H28O3. The number of benzene rings is 1. The van der Waals surface area contributed by atoms with Crippen LogP contribution in [0.1, 0.15) is 52.0 Å². The van der Waals surface area contributed by atoms with Gasteiger partial charge in [0.05, 0.1) is 19.3 Å². The Morgan fingerprint density at radius 1 is 1.05 bits per heavy atom. The molecule has 0 amide bonds. The van der Waals surface area contributed by atoms with Gasteiger partial charge in [-0.05, 0) is 43.9 Å². The fourth-order valence-corrected chi connectivity index (χ4v) is 2.02. The van der Waals surface area contributed by atoms with Gasteiger partial charge in [-0.25, -0.2) is 0 Å². The first kappa shape index (κ1) is 16.8. The summed E-state index contributed by atoms with van der Waals surface area (Å²) in [5, 5.41) is 9.73. The molecule has 1 aromatic rings. The fraction of sp³-hybridized carbons (Fsp3) is 0.647. The first-order valence-corrected chi connectivity index (χ1v) is 7.77. The minimum absolute atomic E-state index is 0.291. The highest BCUT2D eigenvalue weighted by Gasteiger charge is 2.09. The Hall–Kier alpha value is -1.22. The Labute approximate surface area is 122 Å². The molecule has 1 aromatic carbocycles. The van der Waals surface area contributed by atoms with E-state index in [2.05, 4.69) is 6.92 Å². The molecule has 114 valence electrons. The summed E-state index contributed by atoms with van der Waals surface area (Å²) < 4.78 is 11.4. The SMILES string of the molecule is CCCCCOc1ccc(CC(O)CC)cc1OCC. The van der Waals surface area contributed by atoms with E-state index in [1.54, 1.807) is 0 Å². The number of rotatable bonds is 10. The molecule has 0 spiro atoms. The van der Waals surface area contributed by atoms with Crippen molar-refractivity contribution in [2.24, 2.45) is 0 Å². The van der Waals surface area contributed by atoms with Crippen LogP contribution in [0, 0.1) is 0 Å². The molecule has 20 heavy (non-hydrogen) atoms. The van der Waals surface area contributed by atoms with Gasteiger partial charge in [-0.2, -0.15) is 0 Å². The van der Waals surface area contributed by atoms with Crippen LogP contribution in [0.2, 0.25) is 0 Å². The van der Waals surface area contributed by atoms with Crippen LogP contribution in [0.4, 0.5) is 0 Å². The Morgan fingerprint density at radius 2 is 1.85 bits per heavy atom. The van der Waals surface area contributed by atoms with Crippen LogP contribution >= 0.6 is 0 Å². The van der Waals surface area contributed by atoms with Crippen molar-refractivity contribution in [2.75, 3.05) is 13.2 Å². The third-order valence-corrected chi connectivity index (χ3v) is 3.26. The molecule has 0 saturated heterocycles. The maximum absolute atomic E-state index is 9.73. The predicted molar refractivity (Wildman–Crippen MR) is 82.6 cm³/mol. The summed E-state index contributed by atoms with van der Waals surface area (Å²) in [6.07, 6.45) is 4.57. The molecule has 3 nitrogen and oxygen atoms in total. The van der Waals surface area contributed by atoms with Crippen LogP contribution in [-0.4, -0.2) is 24.4 Å². The largest absolute Gasteiger partial charge is 0.490 e. The Bertz CT molecular complexity index is 376. The van der Waals surface area contributed by atoms with Crippen molar-refractivity contribution in [1.82, 2.24) is 0 Å². The molecule has 0 aliphatic heterocycles. The van der Waals surface area contributed by atoms with Crippen molar-refractivity contribution in [1.29, 1.82) is 0 Å². The lowest BCUT2D eigenvalue weighted by molar-refractivity contribution is 0.170. The monoisotopic (exact) mass is 280 g/mol. The molecule has 0 bridgehead atoms. The fourth-order valence-electron chi connectivity index (χ4n) is 2.02. The Kier molecular flexibility index (Phi) is 8.12.